The number of hydrogen-bond acceptors (Lipinski definition) is 3. The fraction of sp³-hybridized carbons (Fsp3) is 0.833. The molecule has 2 aliphatic rings. The molecule has 0 aliphatic carbocycles. The molecule has 2 aliphatic heterocycles. The Morgan fingerprint density at radius 2 is 1.93 bits per heavy atom. The van der Waals surface area contributed by atoms with E-state index >= 15 is 0 Å². The van der Waals surface area contributed by atoms with Crippen molar-refractivity contribution in [2.24, 2.45) is 5.92 Å². The molecule has 0 aromatic heterocycles. The maximum atomic E-state index is 2.50. The van der Waals surface area contributed by atoms with E-state index in [0.29, 0.717) is 0 Å². The lowest BCUT2D eigenvalue weighted by molar-refractivity contribution is 0.221. The van der Waals surface area contributed by atoms with E-state index in [1.54, 1.807) is 4.24 Å². The van der Waals surface area contributed by atoms with E-state index in [2.05, 4.69) is 41.5 Å². The molecule has 0 atom stereocenters. The van der Waals surface area contributed by atoms with Crippen LogP contribution in [0.4, 0.5) is 0 Å². The van der Waals surface area contributed by atoms with Gasteiger partial charge in [-0.2, -0.15) is 0 Å². The molecule has 86 valence electrons. The van der Waals surface area contributed by atoms with Crippen molar-refractivity contribution in [3.63, 3.8) is 0 Å². The first-order valence-corrected chi connectivity index (χ1v) is 7.96. The fourth-order valence-corrected chi connectivity index (χ4v) is 4.55. The molecule has 0 aromatic rings. The molecular weight excluding hydrogens is 222 g/mol. The Kier molecular flexibility index (Phi) is 4.92. The zero-order chi connectivity index (χ0) is 10.5. The Bertz CT molecular complexity index is 212. The summed E-state index contributed by atoms with van der Waals surface area (Å²) in [5.41, 5.74) is 0. The van der Waals surface area contributed by atoms with Crippen LogP contribution in [-0.4, -0.2) is 36.5 Å². The lowest BCUT2D eigenvalue weighted by Crippen LogP contribution is -2.29. The van der Waals surface area contributed by atoms with Gasteiger partial charge >= 0.3 is 0 Å². The summed E-state index contributed by atoms with van der Waals surface area (Å²) in [6, 6.07) is 0. The Morgan fingerprint density at radius 1 is 1.27 bits per heavy atom. The van der Waals surface area contributed by atoms with E-state index in [4.69, 9.17) is 0 Å². The highest BCUT2D eigenvalue weighted by molar-refractivity contribution is 8.22. The molecule has 2 saturated heterocycles. The van der Waals surface area contributed by atoms with Gasteiger partial charge in [-0.3, -0.25) is 0 Å². The summed E-state index contributed by atoms with van der Waals surface area (Å²) in [6.07, 6.45) is 8.01. The van der Waals surface area contributed by atoms with Crippen LogP contribution in [0.15, 0.2) is 10.3 Å². The van der Waals surface area contributed by atoms with E-state index in [-0.39, 0.29) is 0 Å². The van der Waals surface area contributed by atoms with Crippen LogP contribution in [0.3, 0.4) is 0 Å². The largest absolute Gasteiger partial charge is 0.306 e. The van der Waals surface area contributed by atoms with Gasteiger partial charge in [0, 0.05) is 4.24 Å². The van der Waals surface area contributed by atoms with E-state index in [1.807, 2.05) is 0 Å². The number of thioether (sulfide) groups is 2. The van der Waals surface area contributed by atoms with Crippen molar-refractivity contribution in [3.05, 3.63) is 10.3 Å². The van der Waals surface area contributed by atoms with Crippen molar-refractivity contribution in [1.82, 2.24) is 4.90 Å². The monoisotopic (exact) mass is 243 g/mol. The molecule has 0 saturated carbocycles. The van der Waals surface area contributed by atoms with E-state index in [9.17, 15) is 0 Å². The molecule has 0 amide bonds. The molecule has 2 heterocycles. The van der Waals surface area contributed by atoms with Crippen molar-refractivity contribution >= 4 is 23.5 Å². The van der Waals surface area contributed by atoms with E-state index in [1.165, 1.54) is 50.3 Å². The van der Waals surface area contributed by atoms with Gasteiger partial charge in [0.05, 0.1) is 0 Å². The van der Waals surface area contributed by atoms with Crippen LogP contribution in [0.25, 0.3) is 0 Å². The topological polar surface area (TPSA) is 3.24 Å². The second-order valence-corrected chi connectivity index (χ2v) is 7.09. The SMILES string of the molecule is CN1CCC(CC=C2SCCCS2)CC1. The van der Waals surface area contributed by atoms with Crippen LogP contribution in [-0.2, 0) is 0 Å². The van der Waals surface area contributed by atoms with Crippen LogP contribution in [0.2, 0.25) is 0 Å². The second-order valence-electron chi connectivity index (χ2n) is 4.56. The third-order valence-electron chi connectivity index (χ3n) is 3.23. The zero-order valence-electron chi connectivity index (χ0n) is 9.58. The van der Waals surface area contributed by atoms with E-state index < -0.39 is 0 Å². The molecule has 15 heavy (non-hydrogen) atoms. The van der Waals surface area contributed by atoms with Gasteiger partial charge in [-0.25, -0.2) is 0 Å². The zero-order valence-corrected chi connectivity index (χ0v) is 11.2. The normalized spacial score (nSPS) is 25.5. The Balaban J connectivity index is 1.72. The average Bonchev–Trinajstić information content (AvgIpc) is 2.30. The Morgan fingerprint density at radius 3 is 2.60 bits per heavy atom. The van der Waals surface area contributed by atoms with Crippen LogP contribution < -0.4 is 0 Å². The standard InChI is InChI=1S/C12H21NS2/c1-13-7-5-11(6-8-13)3-4-12-14-9-2-10-15-12/h4,11H,2-3,5-10H2,1H3. The summed E-state index contributed by atoms with van der Waals surface area (Å²) in [7, 11) is 2.24. The maximum absolute atomic E-state index is 2.50. The molecule has 0 spiro atoms. The number of rotatable bonds is 2. The van der Waals surface area contributed by atoms with Crippen molar-refractivity contribution in [1.29, 1.82) is 0 Å². The minimum atomic E-state index is 0.955. The predicted octanol–water partition coefficient (Wildman–Crippen LogP) is 3.43. The van der Waals surface area contributed by atoms with Gasteiger partial charge in [-0.1, -0.05) is 6.08 Å². The van der Waals surface area contributed by atoms with Crippen LogP contribution in [0.1, 0.15) is 25.7 Å². The smallest absolute Gasteiger partial charge is 0.0360 e. The van der Waals surface area contributed by atoms with Gasteiger partial charge in [0.1, 0.15) is 0 Å². The Labute approximate surface area is 102 Å². The molecule has 0 N–H and O–H groups in total. The van der Waals surface area contributed by atoms with Crippen molar-refractivity contribution in [2.45, 2.75) is 25.7 Å². The summed E-state index contributed by atoms with van der Waals surface area (Å²) in [6.45, 7) is 2.60. The van der Waals surface area contributed by atoms with Gasteiger partial charge in [0.25, 0.3) is 0 Å². The molecule has 0 bridgehead atoms. The third kappa shape index (κ3) is 4.04. The molecule has 1 nitrogen and oxygen atoms in total. The van der Waals surface area contributed by atoms with Crippen LogP contribution >= 0.6 is 23.5 Å². The van der Waals surface area contributed by atoms with Crippen molar-refractivity contribution in [3.8, 4) is 0 Å². The van der Waals surface area contributed by atoms with Crippen LogP contribution in [0.5, 0.6) is 0 Å². The van der Waals surface area contributed by atoms with Gasteiger partial charge in [0.2, 0.25) is 0 Å². The highest BCUT2D eigenvalue weighted by atomic mass is 32.2. The molecule has 3 heteroatoms. The number of piperidine rings is 1. The molecular formula is C12H21NS2. The first-order valence-electron chi connectivity index (χ1n) is 5.99. The highest BCUT2D eigenvalue weighted by Crippen LogP contribution is 2.35. The van der Waals surface area contributed by atoms with E-state index in [0.717, 1.165) is 5.92 Å². The van der Waals surface area contributed by atoms with Crippen molar-refractivity contribution < 1.29 is 0 Å². The number of hydrogen-bond donors (Lipinski definition) is 0. The Hall–Kier alpha value is 0.400. The van der Waals surface area contributed by atoms with Crippen molar-refractivity contribution in [2.75, 3.05) is 31.6 Å². The van der Waals surface area contributed by atoms with Crippen LogP contribution in [0, 0.1) is 5.92 Å². The van der Waals surface area contributed by atoms with Gasteiger partial charge in [0.15, 0.2) is 0 Å². The highest BCUT2D eigenvalue weighted by Gasteiger charge is 2.16. The summed E-state index contributed by atoms with van der Waals surface area (Å²) in [5, 5.41) is 0. The summed E-state index contributed by atoms with van der Waals surface area (Å²) >= 11 is 4.13. The number of likely N-dealkylation sites (tertiary alicyclic amines) is 1. The number of allylic oxidation sites excluding steroid dienone is 1. The van der Waals surface area contributed by atoms with Gasteiger partial charge in [-0.15, -0.1) is 23.5 Å². The lowest BCUT2D eigenvalue weighted by Gasteiger charge is -2.28. The minimum Gasteiger partial charge on any atom is -0.306 e. The summed E-state index contributed by atoms with van der Waals surface area (Å²) < 4.78 is 1.60. The molecule has 0 unspecified atom stereocenters. The van der Waals surface area contributed by atoms with Gasteiger partial charge < -0.3 is 4.90 Å². The summed E-state index contributed by atoms with van der Waals surface area (Å²) in [4.78, 5) is 2.45. The number of nitrogens with zero attached hydrogens (tertiary/aromatic N) is 1. The lowest BCUT2D eigenvalue weighted by atomic mass is 9.94. The third-order valence-corrected chi connectivity index (χ3v) is 5.83. The van der Waals surface area contributed by atoms with Gasteiger partial charge in [-0.05, 0) is 63.2 Å². The first kappa shape index (κ1) is 11.9. The molecule has 2 rings (SSSR count). The molecule has 2 fully saturated rings. The predicted molar refractivity (Wildman–Crippen MR) is 72.5 cm³/mol. The fourth-order valence-electron chi connectivity index (χ4n) is 2.12. The average molecular weight is 243 g/mol. The molecule has 0 aromatic carbocycles. The minimum absolute atomic E-state index is 0.955. The molecule has 0 radical (unpaired) electrons. The summed E-state index contributed by atoms with van der Waals surface area (Å²) in [5.74, 6) is 3.63. The second kappa shape index (κ2) is 6.21. The maximum Gasteiger partial charge on any atom is 0.0360 e. The quantitative estimate of drug-likeness (QED) is 0.731. The first-order chi connectivity index (χ1) is 7.34.